The maximum atomic E-state index is 12.1. The number of Topliss-reactive ketones (excluding diaryl/α,β-unsaturated/α-hetero) is 1. The van der Waals surface area contributed by atoms with Gasteiger partial charge < -0.3 is 4.74 Å². The summed E-state index contributed by atoms with van der Waals surface area (Å²) in [7, 11) is 0. The smallest absolute Gasteiger partial charge is 0.308 e. The van der Waals surface area contributed by atoms with Crippen LogP contribution in [0.25, 0.3) is 10.8 Å². The van der Waals surface area contributed by atoms with E-state index in [1.165, 1.54) is 6.92 Å². The number of hydrogen-bond acceptors (Lipinski definition) is 3. The van der Waals surface area contributed by atoms with Gasteiger partial charge in [-0.15, -0.1) is 0 Å². The Hall–Kier alpha value is -2.16. The van der Waals surface area contributed by atoms with E-state index in [0.29, 0.717) is 17.7 Å². The Balaban J connectivity index is 2.35. The second-order valence-corrected chi connectivity index (χ2v) is 4.83. The lowest BCUT2D eigenvalue weighted by Crippen LogP contribution is -2.15. The topological polar surface area (TPSA) is 43.4 Å². The average molecular weight is 254 g/mol. The lowest BCUT2D eigenvalue weighted by atomic mass is 9.87. The Morgan fingerprint density at radius 1 is 1.21 bits per heavy atom. The van der Waals surface area contributed by atoms with Gasteiger partial charge in [-0.25, -0.2) is 0 Å². The van der Waals surface area contributed by atoms with Gasteiger partial charge in [0.15, 0.2) is 5.78 Å². The van der Waals surface area contributed by atoms with Crippen molar-refractivity contribution in [3.05, 3.63) is 41.5 Å². The number of esters is 1. The van der Waals surface area contributed by atoms with Gasteiger partial charge in [-0.05, 0) is 23.8 Å². The molecule has 0 atom stereocenters. The normalized spacial score (nSPS) is 14.3. The Morgan fingerprint density at radius 2 is 2.00 bits per heavy atom. The molecular formula is C16H14O3. The molecule has 96 valence electrons. The molecule has 0 unspecified atom stereocenters. The number of ether oxygens (including phenoxy) is 1. The third-order valence-electron chi connectivity index (χ3n) is 3.46. The van der Waals surface area contributed by atoms with Gasteiger partial charge in [0.1, 0.15) is 5.75 Å². The summed E-state index contributed by atoms with van der Waals surface area (Å²) in [6.07, 6.45) is 2.25. The number of hydrogen-bond donors (Lipinski definition) is 0. The van der Waals surface area contributed by atoms with E-state index in [1.807, 2.05) is 30.3 Å². The molecule has 3 nitrogen and oxygen atoms in total. The highest BCUT2D eigenvalue weighted by atomic mass is 16.5. The molecule has 0 aliphatic heterocycles. The molecule has 0 bridgehead atoms. The zero-order chi connectivity index (χ0) is 13.4. The van der Waals surface area contributed by atoms with Gasteiger partial charge in [0.05, 0.1) is 5.56 Å². The molecule has 0 amide bonds. The van der Waals surface area contributed by atoms with Crippen LogP contribution in [0.4, 0.5) is 0 Å². The van der Waals surface area contributed by atoms with Crippen LogP contribution in [0, 0.1) is 0 Å². The van der Waals surface area contributed by atoms with E-state index in [2.05, 4.69) is 0 Å². The molecule has 0 fully saturated rings. The number of carbonyl (C=O) groups excluding carboxylic acids is 2. The van der Waals surface area contributed by atoms with Crippen molar-refractivity contribution in [2.45, 2.75) is 26.2 Å². The highest BCUT2D eigenvalue weighted by Gasteiger charge is 2.24. The molecule has 3 heteroatoms. The van der Waals surface area contributed by atoms with Crippen molar-refractivity contribution in [3.8, 4) is 5.75 Å². The maximum Gasteiger partial charge on any atom is 0.308 e. The van der Waals surface area contributed by atoms with E-state index >= 15 is 0 Å². The molecule has 19 heavy (non-hydrogen) atoms. The summed E-state index contributed by atoms with van der Waals surface area (Å²) < 4.78 is 5.34. The van der Waals surface area contributed by atoms with Gasteiger partial charge in [0.2, 0.25) is 0 Å². The molecule has 2 aromatic rings. The standard InChI is InChI=1S/C16H14O3/c1-10(17)19-16-13-7-3-2-5-11(13)9-12-6-4-8-14(18)15(12)16/h2-3,5,7,9H,4,6,8H2,1H3. The zero-order valence-corrected chi connectivity index (χ0v) is 10.7. The fraction of sp³-hybridized carbons (Fsp3) is 0.250. The number of aryl methyl sites for hydroxylation is 1. The number of benzene rings is 2. The monoisotopic (exact) mass is 254 g/mol. The zero-order valence-electron chi connectivity index (χ0n) is 10.7. The van der Waals surface area contributed by atoms with Crippen LogP contribution in [-0.2, 0) is 11.2 Å². The number of carbonyl (C=O) groups is 2. The lowest BCUT2D eigenvalue weighted by molar-refractivity contribution is -0.131. The maximum absolute atomic E-state index is 12.1. The molecule has 0 aromatic heterocycles. The predicted octanol–water partition coefficient (Wildman–Crippen LogP) is 3.28. The van der Waals surface area contributed by atoms with E-state index < -0.39 is 5.97 Å². The Labute approximate surface area is 111 Å². The fourth-order valence-corrected chi connectivity index (χ4v) is 2.69. The van der Waals surface area contributed by atoms with Gasteiger partial charge >= 0.3 is 5.97 Å². The second-order valence-electron chi connectivity index (χ2n) is 4.83. The van der Waals surface area contributed by atoms with Crippen molar-refractivity contribution in [2.75, 3.05) is 0 Å². The highest BCUT2D eigenvalue weighted by molar-refractivity contribution is 6.07. The van der Waals surface area contributed by atoms with Gasteiger partial charge in [0.25, 0.3) is 0 Å². The molecule has 3 rings (SSSR count). The lowest BCUT2D eigenvalue weighted by Gasteiger charge is -2.19. The van der Waals surface area contributed by atoms with Crippen molar-refractivity contribution in [3.63, 3.8) is 0 Å². The molecule has 1 aliphatic rings. The van der Waals surface area contributed by atoms with E-state index in [0.717, 1.165) is 29.2 Å². The molecule has 2 aromatic carbocycles. The van der Waals surface area contributed by atoms with E-state index in [1.54, 1.807) is 0 Å². The van der Waals surface area contributed by atoms with Crippen molar-refractivity contribution in [2.24, 2.45) is 0 Å². The van der Waals surface area contributed by atoms with Gasteiger partial charge in [0, 0.05) is 18.7 Å². The van der Waals surface area contributed by atoms with Crippen molar-refractivity contribution >= 4 is 22.5 Å². The molecule has 0 heterocycles. The fourth-order valence-electron chi connectivity index (χ4n) is 2.69. The molecule has 1 aliphatic carbocycles. The Morgan fingerprint density at radius 3 is 2.79 bits per heavy atom. The van der Waals surface area contributed by atoms with Crippen LogP contribution in [0.1, 0.15) is 35.7 Å². The summed E-state index contributed by atoms with van der Waals surface area (Å²) >= 11 is 0. The summed E-state index contributed by atoms with van der Waals surface area (Å²) in [5.41, 5.74) is 1.59. The number of fused-ring (bicyclic) bond motifs is 2. The Bertz CT molecular complexity index is 686. The van der Waals surface area contributed by atoms with Crippen LogP contribution in [0.5, 0.6) is 5.75 Å². The molecule has 0 radical (unpaired) electrons. The summed E-state index contributed by atoms with van der Waals surface area (Å²) in [6.45, 7) is 1.36. The van der Waals surface area contributed by atoms with E-state index in [-0.39, 0.29) is 5.78 Å². The number of ketones is 1. The van der Waals surface area contributed by atoms with Crippen LogP contribution in [0.2, 0.25) is 0 Å². The predicted molar refractivity (Wildman–Crippen MR) is 72.5 cm³/mol. The van der Waals surface area contributed by atoms with Crippen LogP contribution in [0.3, 0.4) is 0 Å². The SMILES string of the molecule is CC(=O)Oc1c2c(cc3ccccc13)CCCC2=O. The summed E-state index contributed by atoms with van der Waals surface area (Å²) in [5.74, 6) is 0.116. The van der Waals surface area contributed by atoms with Crippen LogP contribution >= 0.6 is 0 Å². The van der Waals surface area contributed by atoms with E-state index in [9.17, 15) is 9.59 Å². The average Bonchev–Trinajstić information content (AvgIpc) is 2.38. The van der Waals surface area contributed by atoms with E-state index in [4.69, 9.17) is 4.74 Å². The molecule has 0 saturated carbocycles. The highest BCUT2D eigenvalue weighted by Crippen LogP contribution is 2.37. The third-order valence-corrected chi connectivity index (χ3v) is 3.46. The third kappa shape index (κ3) is 2.01. The van der Waals surface area contributed by atoms with Crippen molar-refractivity contribution in [1.82, 2.24) is 0 Å². The van der Waals surface area contributed by atoms with Gasteiger partial charge in [-0.3, -0.25) is 9.59 Å². The van der Waals surface area contributed by atoms with Crippen LogP contribution < -0.4 is 4.74 Å². The molecule has 0 spiro atoms. The minimum atomic E-state index is -0.392. The molecule has 0 N–H and O–H groups in total. The summed E-state index contributed by atoms with van der Waals surface area (Å²) in [4.78, 5) is 23.5. The molecular weight excluding hydrogens is 240 g/mol. The molecule has 0 saturated heterocycles. The minimum absolute atomic E-state index is 0.0725. The minimum Gasteiger partial charge on any atom is -0.425 e. The first-order valence-electron chi connectivity index (χ1n) is 6.43. The van der Waals surface area contributed by atoms with Gasteiger partial charge in [-0.1, -0.05) is 30.3 Å². The first kappa shape index (κ1) is 11.9. The Kier molecular flexibility index (Phi) is 2.82. The van der Waals surface area contributed by atoms with Crippen molar-refractivity contribution < 1.29 is 14.3 Å². The quantitative estimate of drug-likeness (QED) is 0.579. The van der Waals surface area contributed by atoms with Gasteiger partial charge in [-0.2, -0.15) is 0 Å². The van der Waals surface area contributed by atoms with Crippen LogP contribution in [-0.4, -0.2) is 11.8 Å². The second kappa shape index (κ2) is 4.50. The summed E-state index contributed by atoms with van der Waals surface area (Å²) in [6, 6.07) is 9.72. The first-order valence-corrected chi connectivity index (χ1v) is 6.43. The van der Waals surface area contributed by atoms with Crippen molar-refractivity contribution in [1.29, 1.82) is 0 Å². The summed E-state index contributed by atoms with van der Waals surface area (Å²) in [5, 5.41) is 1.83. The largest absolute Gasteiger partial charge is 0.425 e. The number of rotatable bonds is 1. The first-order chi connectivity index (χ1) is 9.16. The van der Waals surface area contributed by atoms with Crippen LogP contribution in [0.15, 0.2) is 30.3 Å².